The van der Waals surface area contributed by atoms with Crippen molar-refractivity contribution in [1.82, 2.24) is 9.21 Å². The lowest BCUT2D eigenvalue weighted by atomic mass is 10.1. The number of hydrogen-bond donors (Lipinski definition) is 1. The number of piperazine rings is 1. The average molecular weight is 311 g/mol. The average Bonchev–Trinajstić information content (AvgIpc) is 2.43. The first-order chi connectivity index (χ1) is 9.77. The Kier molecular flexibility index (Phi) is 4.60. The highest BCUT2D eigenvalue weighted by Gasteiger charge is 2.33. The topological polar surface area (TPSA) is 66.6 Å². The first-order valence-corrected chi connectivity index (χ1v) is 8.78. The van der Waals surface area contributed by atoms with Crippen molar-refractivity contribution >= 4 is 15.7 Å². The number of nitrogen functional groups attached to an aromatic ring is 1. The van der Waals surface area contributed by atoms with Crippen LogP contribution in [-0.4, -0.2) is 50.3 Å². The molecule has 1 aromatic rings. The van der Waals surface area contributed by atoms with E-state index in [1.54, 1.807) is 16.4 Å². The lowest BCUT2D eigenvalue weighted by Crippen LogP contribution is -2.52. The molecule has 1 heterocycles. The molecule has 1 aliphatic rings. The Bertz CT molecular complexity index is 628. The number of hydrogen-bond acceptors (Lipinski definition) is 4. The third-order valence-corrected chi connectivity index (χ3v) is 6.38. The quantitative estimate of drug-likeness (QED) is 0.861. The van der Waals surface area contributed by atoms with Gasteiger partial charge < -0.3 is 10.6 Å². The Morgan fingerprint density at radius 2 is 1.86 bits per heavy atom. The van der Waals surface area contributed by atoms with E-state index in [9.17, 15) is 8.42 Å². The Hall–Kier alpha value is -1.11. The zero-order valence-electron chi connectivity index (χ0n) is 13.3. The molecule has 1 saturated heterocycles. The molecule has 0 aromatic heterocycles. The van der Waals surface area contributed by atoms with Gasteiger partial charge in [-0.2, -0.15) is 4.31 Å². The number of nitrogens with zero attached hydrogens (tertiary/aromatic N) is 2. The van der Waals surface area contributed by atoms with Crippen LogP contribution < -0.4 is 5.73 Å². The van der Waals surface area contributed by atoms with Crippen LogP contribution in [0.25, 0.3) is 0 Å². The summed E-state index contributed by atoms with van der Waals surface area (Å²) in [4.78, 5) is 2.46. The van der Waals surface area contributed by atoms with E-state index in [1.165, 1.54) is 0 Å². The molecule has 0 radical (unpaired) electrons. The SMILES string of the molecule is CCC1CN(S(=O)(=O)c2cc(C)c(C)cc2N)CCN1C. The molecule has 2 rings (SSSR count). The number of sulfonamides is 1. The molecule has 1 fully saturated rings. The number of aryl methyl sites for hydroxylation is 2. The predicted molar refractivity (Wildman–Crippen MR) is 85.8 cm³/mol. The van der Waals surface area contributed by atoms with E-state index in [-0.39, 0.29) is 10.9 Å². The van der Waals surface area contributed by atoms with E-state index in [4.69, 9.17) is 5.73 Å². The van der Waals surface area contributed by atoms with Gasteiger partial charge in [-0.15, -0.1) is 0 Å². The standard InChI is InChI=1S/C15H25N3O2S/c1-5-13-10-18(7-6-17(13)4)21(19,20)15-9-12(3)11(2)8-14(15)16/h8-9,13H,5-7,10,16H2,1-4H3. The Morgan fingerprint density at radius 1 is 1.24 bits per heavy atom. The second kappa shape index (κ2) is 5.94. The van der Waals surface area contributed by atoms with Gasteiger partial charge in [0.1, 0.15) is 4.90 Å². The highest BCUT2D eigenvalue weighted by atomic mass is 32.2. The summed E-state index contributed by atoms with van der Waals surface area (Å²) in [5.74, 6) is 0. The molecule has 1 aromatic carbocycles. The molecular formula is C15H25N3O2S. The molecule has 1 atom stereocenters. The Balaban J connectivity index is 2.37. The van der Waals surface area contributed by atoms with E-state index in [2.05, 4.69) is 11.8 Å². The third kappa shape index (κ3) is 3.07. The lowest BCUT2D eigenvalue weighted by Gasteiger charge is -2.38. The van der Waals surface area contributed by atoms with Crippen molar-refractivity contribution in [3.05, 3.63) is 23.3 Å². The highest BCUT2D eigenvalue weighted by Crippen LogP contribution is 2.27. The second-order valence-electron chi connectivity index (χ2n) is 5.88. The van der Waals surface area contributed by atoms with Gasteiger partial charge in [0.25, 0.3) is 0 Å². The van der Waals surface area contributed by atoms with Gasteiger partial charge in [-0.3, -0.25) is 0 Å². The minimum atomic E-state index is -3.52. The van der Waals surface area contributed by atoms with E-state index in [0.29, 0.717) is 18.8 Å². The molecule has 2 N–H and O–H groups in total. The zero-order valence-corrected chi connectivity index (χ0v) is 14.1. The van der Waals surface area contributed by atoms with Crippen molar-refractivity contribution in [2.45, 2.75) is 38.1 Å². The smallest absolute Gasteiger partial charge is 0.245 e. The van der Waals surface area contributed by atoms with Crippen LogP contribution in [0, 0.1) is 13.8 Å². The maximum absolute atomic E-state index is 12.9. The maximum atomic E-state index is 12.9. The minimum Gasteiger partial charge on any atom is -0.398 e. The van der Waals surface area contributed by atoms with Gasteiger partial charge in [0.15, 0.2) is 0 Å². The van der Waals surface area contributed by atoms with Crippen molar-refractivity contribution in [3.8, 4) is 0 Å². The normalized spacial score (nSPS) is 21.6. The van der Waals surface area contributed by atoms with Crippen LogP contribution in [0.2, 0.25) is 0 Å². The molecule has 118 valence electrons. The van der Waals surface area contributed by atoms with Gasteiger partial charge >= 0.3 is 0 Å². The van der Waals surface area contributed by atoms with Gasteiger partial charge in [0.2, 0.25) is 10.0 Å². The molecule has 0 bridgehead atoms. The van der Waals surface area contributed by atoms with Gasteiger partial charge in [0, 0.05) is 25.7 Å². The second-order valence-corrected chi connectivity index (χ2v) is 7.79. The van der Waals surface area contributed by atoms with Crippen molar-refractivity contribution < 1.29 is 8.42 Å². The summed E-state index contributed by atoms with van der Waals surface area (Å²) in [7, 11) is -1.47. The molecule has 5 nitrogen and oxygen atoms in total. The van der Waals surface area contributed by atoms with Gasteiger partial charge in [-0.05, 0) is 50.6 Å². The van der Waals surface area contributed by atoms with Gasteiger partial charge in [0.05, 0.1) is 5.69 Å². The molecule has 0 aliphatic carbocycles. The fourth-order valence-corrected chi connectivity index (χ4v) is 4.40. The number of likely N-dealkylation sites (N-methyl/N-ethyl adjacent to an activating group) is 1. The molecule has 1 unspecified atom stereocenters. The van der Waals surface area contributed by atoms with Crippen LogP contribution in [0.5, 0.6) is 0 Å². The van der Waals surface area contributed by atoms with Crippen molar-refractivity contribution in [3.63, 3.8) is 0 Å². The molecule has 0 spiro atoms. The summed E-state index contributed by atoms with van der Waals surface area (Å²) >= 11 is 0. The fourth-order valence-electron chi connectivity index (χ4n) is 2.75. The zero-order chi connectivity index (χ0) is 15.8. The fraction of sp³-hybridized carbons (Fsp3) is 0.600. The van der Waals surface area contributed by atoms with Crippen molar-refractivity contribution in [1.29, 1.82) is 0 Å². The minimum absolute atomic E-state index is 0.241. The molecule has 1 aliphatic heterocycles. The van der Waals surface area contributed by atoms with Crippen molar-refractivity contribution in [2.24, 2.45) is 0 Å². The van der Waals surface area contributed by atoms with E-state index >= 15 is 0 Å². The summed E-state index contributed by atoms with van der Waals surface area (Å²) in [6, 6.07) is 3.70. The summed E-state index contributed by atoms with van der Waals surface area (Å²) < 4.78 is 27.3. The number of rotatable bonds is 3. The summed E-state index contributed by atoms with van der Waals surface area (Å²) in [5.41, 5.74) is 8.26. The number of nitrogens with two attached hydrogens (primary N) is 1. The predicted octanol–water partition coefficient (Wildman–Crippen LogP) is 1.60. The highest BCUT2D eigenvalue weighted by molar-refractivity contribution is 7.89. The van der Waals surface area contributed by atoms with Gasteiger partial charge in [-0.1, -0.05) is 6.92 Å². The number of benzene rings is 1. The van der Waals surface area contributed by atoms with E-state index in [1.807, 2.05) is 20.9 Å². The maximum Gasteiger partial charge on any atom is 0.245 e. The van der Waals surface area contributed by atoms with Crippen LogP contribution >= 0.6 is 0 Å². The third-order valence-electron chi connectivity index (χ3n) is 4.46. The first-order valence-electron chi connectivity index (χ1n) is 7.34. The van der Waals surface area contributed by atoms with E-state index < -0.39 is 10.0 Å². The Labute approximate surface area is 127 Å². The summed E-state index contributed by atoms with van der Waals surface area (Å²) in [6.07, 6.45) is 0.935. The summed E-state index contributed by atoms with van der Waals surface area (Å²) in [5, 5.41) is 0. The molecule has 6 heteroatoms. The lowest BCUT2D eigenvalue weighted by molar-refractivity contribution is 0.144. The van der Waals surface area contributed by atoms with Crippen LogP contribution in [0.3, 0.4) is 0 Å². The van der Waals surface area contributed by atoms with Crippen LogP contribution in [0.15, 0.2) is 17.0 Å². The Morgan fingerprint density at radius 3 is 2.48 bits per heavy atom. The molecule has 0 saturated carbocycles. The molecule has 0 amide bonds. The monoisotopic (exact) mass is 311 g/mol. The van der Waals surface area contributed by atoms with Crippen LogP contribution in [0.1, 0.15) is 24.5 Å². The van der Waals surface area contributed by atoms with Crippen LogP contribution in [-0.2, 0) is 10.0 Å². The summed E-state index contributed by atoms with van der Waals surface area (Å²) in [6.45, 7) is 7.73. The largest absolute Gasteiger partial charge is 0.398 e. The molecular weight excluding hydrogens is 286 g/mol. The van der Waals surface area contributed by atoms with Gasteiger partial charge in [-0.25, -0.2) is 8.42 Å². The molecule has 21 heavy (non-hydrogen) atoms. The van der Waals surface area contributed by atoms with Crippen molar-refractivity contribution in [2.75, 3.05) is 32.4 Å². The van der Waals surface area contributed by atoms with Crippen LogP contribution in [0.4, 0.5) is 5.69 Å². The van der Waals surface area contributed by atoms with E-state index in [0.717, 1.165) is 24.1 Å². The first kappa shape index (κ1) is 16.3. The number of anilines is 1.